The summed E-state index contributed by atoms with van der Waals surface area (Å²) < 4.78 is 6.41. The number of rotatable bonds is 10. The highest BCUT2D eigenvalue weighted by molar-refractivity contribution is 5.98. The highest BCUT2D eigenvalue weighted by Gasteiger charge is 2.78. The number of aliphatic hydroxyl groups is 1. The molecule has 3 rings (SSSR count). The Labute approximate surface area is 171 Å². The Hall–Kier alpha value is -1.93. The quantitative estimate of drug-likeness (QED) is 0.523. The fraction of sp³-hybridized carbons (Fsp3) is 0.762. The third kappa shape index (κ3) is 3.08. The molecule has 0 aromatic carbocycles. The maximum atomic E-state index is 13.6. The molecule has 0 aliphatic carbocycles. The van der Waals surface area contributed by atoms with Crippen molar-refractivity contribution >= 4 is 17.8 Å². The van der Waals surface area contributed by atoms with Crippen LogP contribution in [0.15, 0.2) is 12.7 Å². The predicted molar refractivity (Wildman–Crippen MR) is 105 cm³/mol. The van der Waals surface area contributed by atoms with Gasteiger partial charge in [-0.25, -0.2) is 0 Å². The minimum atomic E-state index is -1.14. The third-order valence-corrected chi connectivity index (χ3v) is 6.96. The SMILES string of the molecule is C=CCN(CCCC)C(=O)C1N(CCO)C(=O)[C@@H]2[C@H](C(=O)O)[C@]3(CC)CCC12O3. The highest BCUT2D eigenvalue weighted by atomic mass is 16.5. The Bertz CT molecular complexity index is 697. The van der Waals surface area contributed by atoms with Crippen molar-refractivity contribution < 1.29 is 29.3 Å². The largest absolute Gasteiger partial charge is 0.481 e. The molecular weight excluding hydrogens is 376 g/mol. The van der Waals surface area contributed by atoms with Crippen molar-refractivity contribution in [3.05, 3.63) is 12.7 Å². The van der Waals surface area contributed by atoms with Crippen molar-refractivity contribution in [2.24, 2.45) is 11.8 Å². The van der Waals surface area contributed by atoms with Gasteiger partial charge in [-0.05, 0) is 25.7 Å². The van der Waals surface area contributed by atoms with Crippen LogP contribution in [0.2, 0.25) is 0 Å². The first-order valence-electron chi connectivity index (χ1n) is 10.6. The molecule has 0 radical (unpaired) electrons. The lowest BCUT2D eigenvalue weighted by Crippen LogP contribution is -2.56. The van der Waals surface area contributed by atoms with Crippen molar-refractivity contribution in [1.29, 1.82) is 0 Å². The Balaban J connectivity index is 2.05. The van der Waals surface area contributed by atoms with E-state index in [-0.39, 0.29) is 19.1 Å². The number of hydrogen-bond donors (Lipinski definition) is 2. The Morgan fingerprint density at radius 3 is 2.66 bits per heavy atom. The number of aliphatic carboxylic acids is 1. The molecule has 1 spiro atoms. The number of fused-ring (bicyclic) bond motifs is 1. The van der Waals surface area contributed by atoms with Gasteiger partial charge in [0, 0.05) is 19.6 Å². The van der Waals surface area contributed by atoms with Crippen molar-refractivity contribution in [2.75, 3.05) is 26.2 Å². The van der Waals surface area contributed by atoms with Crippen molar-refractivity contribution in [2.45, 2.75) is 63.2 Å². The van der Waals surface area contributed by atoms with Crippen LogP contribution in [0.1, 0.15) is 46.0 Å². The van der Waals surface area contributed by atoms with Crippen molar-refractivity contribution in [3.8, 4) is 0 Å². The Kier molecular flexibility index (Phi) is 6.06. The lowest BCUT2D eigenvalue weighted by Gasteiger charge is -2.36. The second-order valence-corrected chi connectivity index (χ2v) is 8.35. The molecule has 8 heteroatoms. The average molecular weight is 408 g/mol. The summed E-state index contributed by atoms with van der Waals surface area (Å²) >= 11 is 0. The van der Waals surface area contributed by atoms with E-state index in [9.17, 15) is 24.6 Å². The first-order chi connectivity index (χ1) is 13.8. The van der Waals surface area contributed by atoms with Gasteiger partial charge < -0.3 is 24.7 Å². The molecule has 3 heterocycles. The van der Waals surface area contributed by atoms with Gasteiger partial charge in [0.1, 0.15) is 17.6 Å². The van der Waals surface area contributed by atoms with Gasteiger partial charge in [-0.2, -0.15) is 0 Å². The van der Waals surface area contributed by atoms with E-state index >= 15 is 0 Å². The van der Waals surface area contributed by atoms with Gasteiger partial charge in [-0.1, -0.05) is 26.3 Å². The number of β-amino-alcohol motifs (C(OH)–C–C–N with tert-alkyl or cyclic N) is 1. The molecule has 2 bridgehead atoms. The fourth-order valence-corrected chi connectivity index (χ4v) is 5.69. The van der Waals surface area contributed by atoms with Crippen LogP contribution in [0.3, 0.4) is 0 Å². The Morgan fingerprint density at radius 2 is 2.10 bits per heavy atom. The standard InChI is InChI=1S/C21H32N2O6/c1-4-7-11-22(10-5-2)18(26)16-21-9-8-20(6-3,29-21)15(19(27)28)14(21)17(25)23(16)12-13-24/h5,14-16,24H,2,4,6-13H2,1,3H3,(H,27,28)/t14-,15+,16?,20-,21?/m0/s1. The summed E-state index contributed by atoms with van der Waals surface area (Å²) in [4.78, 5) is 42.1. The summed E-state index contributed by atoms with van der Waals surface area (Å²) in [7, 11) is 0. The van der Waals surface area contributed by atoms with E-state index in [1.54, 1.807) is 11.0 Å². The molecule has 3 fully saturated rings. The first kappa shape index (κ1) is 21.8. The van der Waals surface area contributed by atoms with Gasteiger partial charge in [0.25, 0.3) is 0 Å². The number of likely N-dealkylation sites (tertiary alicyclic amines) is 1. The van der Waals surface area contributed by atoms with Crippen LogP contribution in [-0.4, -0.2) is 81.3 Å². The van der Waals surface area contributed by atoms with Gasteiger partial charge >= 0.3 is 5.97 Å². The number of unbranched alkanes of at least 4 members (excludes halogenated alkanes) is 1. The summed E-state index contributed by atoms with van der Waals surface area (Å²) in [6, 6.07) is -0.915. The zero-order valence-corrected chi connectivity index (χ0v) is 17.3. The molecule has 29 heavy (non-hydrogen) atoms. The lowest BCUT2D eigenvalue weighted by molar-refractivity contribution is -0.158. The molecule has 5 atom stereocenters. The van der Waals surface area contributed by atoms with Gasteiger partial charge in [-0.15, -0.1) is 6.58 Å². The van der Waals surface area contributed by atoms with Gasteiger partial charge in [0.05, 0.1) is 18.1 Å². The van der Waals surface area contributed by atoms with E-state index < -0.39 is 41.0 Å². The van der Waals surface area contributed by atoms with Crippen LogP contribution in [0.5, 0.6) is 0 Å². The number of carboxylic acid groups (broad SMARTS) is 1. The maximum absolute atomic E-state index is 13.6. The minimum Gasteiger partial charge on any atom is -0.481 e. The third-order valence-electron chi connectivity index (χ3n) is 6.96. The van der Waals surface area contributed by atoms with Crippen molar-refractivity contribution in [1.82, 2.24) is 9.80 Å². The average Bonchev–Trinajstić information content (AvgIpc) is 3.29. The van der Waals surface area contributed by atoms with E-state index in [1.165, 1.54) is 4.90 Å². The normalized spacial score (nSPS) is 35.1. The zero-order chi connectivity index (χ0) is 21.4. The van der Waals surface area contributed by atoms with Gasteiger partial charge in [0.15, 0.2) is 0 Å². The van der Waals surface area contributed by atoms with E-state index in [0.717, 1.165) is 12.8 Å². The van der Waals surface area contributed by atoms with Gasteiger partial charge in [-0.3, -0.25) is 14.4 Å². The highest BCUT2D eigenvalue weighted by Crippen LogP contribution is 2.64. The van der Waals surface area contributed by atoms with Crippen LogP contribution >= 0.6 is 0 Å². The minimum absolute atomic E-state index is 0.0159. The second kappa shape index (κ2) is 8.07. The molecule has 3 aliphatic rings. The van der Waals surface area contributed by atoms with Crippen LogP contribution in [0.4, 0.5) is 0 Å². The Morgan fingerprint density at radius 1 is 1.38 bits per heavy atom. The van der Waals surface area contributed by atoms with Crippen LogP contribution in [0, 0.1) is 11.8 Å². The summed E-state index contributed by atoms with van der Waals surface area (Å²) in [6.07, 6.45) is 4.83. The number of aliphatic hydroxyl groups excluding tert-OH is 1. The molecule has 3 aliphatic heterocycles. The van der Waals surface area contributed by atoms with Crippen molar-refractivity contribution in [3.63, 3.8) is 0 Å². The monoisotopic (exact) mass is 408 g/mol. The molecule has 2 N–H and O–H groups in total. The summed E-state index contributed by atoms with van der Waals surface area (Å²) in [5.74, 6) is -3.57. The molecule has 0 aromatic rings. The summed E-state index contributed by atoms with van der Waals surface area (Å²) in [5, 5.41) is 19.5. The summed E-state index contributed by atoms with van der Waals surface area (Å²) in [5.41, 5.74) is -2.06. The van der Waals surface area contributed by atoms with Crippen LogP contribution in [0.25, 0.3) is 0 Å². The number of hydrogen-bond acceptors (Lipinski definition) is 5. The number of amides is 2. The van der Waals surface area contributed by atoms with E-state index in [2.05, 4.69) is 6.58 Å². The second-order valence-electron chi connectivity index (χ2n) is 8.35. The number of carboxylic acids is 1. The topological polar surface area (TPSA) is 107 Å². The van der Waals surface area contributed by atoms with Crippen LogP contribution in [-0.2, 0) is 19.1 Å². The van der Waals surface area contributed by atoms with E-state index in [4.69, 9.17) is 4.74 Å². The molecule has 162 valence electrons. The van der Waals surface area contributed by atoms with Gasteiger partial charge in [0.2, 0.25) is 11.8 Å². The van der Waals surface area contributed by atoms with E-state index in [1.807, 2.05) is 13.8 Å². The lowest BCUT2D eigenvalue weighted by atomic mass is 9.65. The molecule has 8 nitrogen and oxygen atoms in total. The number of carbonyl (C=O) groups is 3. The molecular formula is C21H32N2O6. The molecule has 3 saturated heterocycles. The molecule has 2 unspecified atom stereocenters. The maximum Gasteiger partial charge on any atom is 0.310 e. The molecule has 0 aromatic heterocycles. The predicted octanol–water partition coefficient (Wildman–Crippen LogP) is 1.03. The molecule has 0 saturated carbocycles. The fourth-order valence-electron chi connectivity index (χ4n) is 5.69. The number of nitrogens with zero attached hydrogens (tertiary/aromatic N) is 2. The first-order valence-corrected chi connectivity index (χ1v) is 10.6. The molecule has 2 amide bonds. The number of carbonyl (C=O) groups excluding carboxylic acids is 2. The smallest absolute Gasteiger partial charge is 0.310 e. The van der Waals surface area contributed by atoms with Crippen LogP contribution < -0.4 is 0 Å². The van der Waals surface area contributed by atoms with E-state index in [0.29, 0.717) is 32.4 Å². The number of ether oxygens (including phenoxy) is 1. The summed E-state index contributed by atoms with van der Waals surface area (Å²) in [6.45, 7) is 8.20. The zero-order valence-electron chi connectivity index (χ0n) is 17.3.